The highest BCUT2D eigenvalue weighted by atomic mass is 35.5. The number of hydrogen-bond donors (Lipinski definition) is 0. The highest BCUT2D eigenvalue weighted by Gasteiger charge is 2.32. The van der Waals surface area contributed by atoms with Crippen LogP contribution in [-0.2, 0) is 11.0 Å². The van der Waals surface area contributed by atoms with Crippen LogP contribution in [0, 0.1) is 0 Å². The van der Waals surface area contributed by atoms with Gasteiger partial charge in [-0.15, -0.1) is 13.2 Å². The summed E-state index contributed by atoms with van der Waals surface area (Å²) in [6.45, 7) is 5.27. The van der Waals surface area contributed by atoms with E-state index in [9.17, 15) is 17.4 Å². The molecule has 0 saturated carbocycles. The van der Waals surface area contributed by atoms with Crippen LogP contribution in [0.4, 0.5) is 13.2 Å². The van der Waals surface area contributed by atoms with Gasteiger partial charge in [0.05, 0.1) is 9.77 Å². The summed E-state index contributed by atoms with van der Waals surface area (Å²) in [4.78, 5) is 0. The molecule has 1 aromatic rings. The van der Waals surface area contributed by atoms with Crippen LogP contribution in [0.2, 0.25) is 5.02 Å². The molecule has 1 aromatic carbocycles. The molecule has 0 aromatic heterocycles. The quantitative estimate of drug-likeness (QED) is 0.783. The topological polar surface area (TPSA) is 38.7 Å². The zero-order chi connectivity index (χ0) is 15.6. The molecule has 0 saturated heterocycles. The van der Waals surface area contributed by atoms with Gasteiger partial charge in [0.15, 0.2) is 0 Å². The molecule has 0 spiro atoms. The molecule has 0 bridgehead atoms. The number of benzene rings is 1. The summed E-state index contributed by atoms with van der Waals surface area (Å²) in [6, 6.07) is 3.68. The molecule has 0 heterocycles. The van der Waals surface area contributed by atoms with Crippen LogP contribution in [0.3, 0.4) is 0 Å². The molecule has 0 aliphatic carbocycles. The first-order valence-corrected chi connectivity index (χ1v) is 6.99. The van der Waals surface area contributed by atoms with E-state index in [2.05, 4.69) is 9.13 Å². The fraction of sp³-hybridized carbons (Fsp3) is 0.417. The highest BCUT2D eigenvalue weighted by molar-refractivity contribution is 7.85. The minimum atomic E-state index is -4.80. The van der Waals surface area contributed by atoms with E-state index in [1.165, 1.54) is 18.3 Å². The van der Waals surface area contributed by atoms with Crippen LogP contribution in [0.25, 0.3) is 0 Å². The van der Waals surface area contributed by atoms with Crippen molar-refractivity contribution < 1.29 is 22.1 Å². The molecule has 0 radical (unpaired) electrons. The monoisotopic (exact) mass is 327 g/mol. The van der Waals surface area contributed by atoms with E-state index in [1.807, 2.05) is 0 Å². The van der Waals surface area contributed by atoms with Crippen LogP contribution < -0.4 is 4.74 Å². The minimum absolute atomic E-state index is 0.201. The fourth-order valence-electron chi connectivity index (χ4n) is 1.07. The second kappa shape index (κ2) is 6.13. The van der Waals surface area contributed by atoms with Crippen molar-refractivity contribution in [1.29, 1.82) is 0 Å². The van der Waals surface area contributed by atoms with E-state index in [0.29, 0.717) is 5.56 Å². The van der Waals surface area contributed by atoms with E-state index in [-0.39, 0.29) is 5.02 Å². The normalized spacial score (nSPS) is 14.6. The summed E-state index contributed by atoms with van der Waals surface area (Å²) in [5, 5.41) is -0.201. The van der Waals surface area contributed by atoms with Crippen molar-refractivity contribution >= 4 is 28.8 Å². The second-order valence-electron chi connectivity index (χ2n) is 4.83. The molecule has 0 N–H and O–H groups in total. The third kappa shape index (κ3) is 5.50. The van der Waals surface area contributed by atoms with Gasteiger partial charge in [0.25, 0.3) is 0 Å². The third-order valence-corrected chi connectivity index (χ3v) is 3.64. The average molecular weight is 328 g/mol. The SMILES string of the molecule is CC(C)(C)S(=O)N=Cc1ccc(OC(F)(F)F)c(Cl)c1. The minimum Gasteiger partial charge on any atom is -0.404 e. The smallest absolute Gasteiger partial charge is 0.404 e. The van der Waals surface area contributed by atoms with E-state index in [4.69, 9.17) is 11.6 Å². The van der Waals surface area contributed by atoms with Gasteiger partial charge in [-0.25, -0.2) is 4.21 Å². The Morgan fingerprint density at radius 3 is 2.35 bits per heavy atom. The highest BCUT2D eigenvalue weighted by Crippen LogP contribution is 2.30. The first-order valence-electron chi connectivity index (χ1n) is 5.50. The first kappa shape index (κ1) is 17.0. The molecular weight excluding hydrogens is 315 g/mol. The zero-order valence-corrected chi connectivity index (χ0v) is 12.6. The van der Waals surface area contributed by atoms with Crippen LogP contribution in [0.5, 0.6) is 5.75 Å². The Balaban J connectivity index is 2.88. The number of nitrogens with zero attached hydrogens (tertiary/aromatic N) is 1. The summed E-state index contributed by atoms with van der Waals surface area (Å²) in [5.74, 6) is -0.492. The maximum atomic E-state index is 12.1. The van der Waals surface area contributed by atoms with Gasteiger partial charge in [-0.2, -0.15) is 4.40 Å². The number of rotatable bonds is 3. The Bertz CT molecular complexity index is 538. The molecule has 1 rings (SSSR count). The largest absolute Gasteiger partial charge is 0.573 e. The predicted molar refractivity (Wildman–Crippen MR) is 73.6 cm³/mol. The third-order valence-electron chi connectivity index (χ3n) is 2.00. The Morgan fingerprint density at radius 2 is 1.90 bits per heavy atom. The van der Waals surface area contributed by atoms with Gasteiger partial charge in [-0.1, -0.05) is 11.6 Å². The van der Waals surface area contributed by atoms with E-state index in [1.54, 1.807) is 20.8 Å². The lowest BCUT2D eigenvalue weighted by Crippen LogP contribution is -2.19. The Hall–Kier alpha value is -1.08. The van der Waals surface area contributed by atoms with Crippen molar-refractivity contribution in [2.75, 3.05) is 0 Å². The predicted octanol–water partition coefficient (Wildman–Crippen LogP) is 4.12. The van der Waals surface area contributed by atoms with Crippen molar-refractivity contribution in [2.45, 2.75) is 31.9 Å². The van der Waals surface area contributed by atoms with E-state index >= 15 is 0 Å². The number of alkyl halides is 3. The molecule has 1 atom stereocenters. The van der Waals surface area contributed by atoms with Crippen molar-refractivity contribution in [3.8, 4) is 5.75 Å². The number of hydrogen-bond acceptors (Lipinski definition) is 2. The van der Waals surface area contributed by atoms with Crippen molar-refractivity contribution in [1.82, 2.24) is 0 Å². The maximum Gasteiger partial charge on any atom is 0.573 e. The van der Waals surface area contributed by atoms with Crippen molar-refractivity contribution in [3.63, 3.8) is 0 Å². The molecule has 3 nitrogen and oxygen atoms in total. The van der Waals surface area contributed by atoms with Crippen molar-refractivity contribution in [2.24, 2.45) is 4.40 Å². The summed E-state index contributed by atoms with van der Waals surface area (Å²) in [5.41, 5.74) is 0.433. The molecule has 112 valence electrons. The van der Waals surface area contributed by atoms with Gasteiger partial charge in [0, 0.05) is 6.21 Å². The lowest BCUT2D eigenvalue weighted by Gasteiger charge is -2.13. The van der Waals surface area contributed by atoms with Gasteiger partial charge in [0.2, 0.25) is 0 Å². The second-order valence-corrected chi connectivity index (χ2v) is 7.17. The van der Waals surface area contributed by atoms with Crippen LogP contribution in [0.15, 0.2) is 22.6 Å². The van der Waals surface area contributed by atoms with Gasteiger partial charge >= 0.3 is 6.36 Å². The van der Waals surface area contributed by atoms with E-state index in [0.717, 1.165) is 6.07 Å². The molecule has 8 heteroatoms. The Morgan fingerprint density at radius 1 is 1.30 bits per heavy atom. The first-order chi connectivity index (χ1) is 8.99. The molecule has 1 unspecified atom stereocenters. The molecule has 20 heavy (non-hydrogen) atoms. The number of ether oxygens (including phenoxy) is 1. The van der Waals surface area contributed by atoms with Crippen LogP contribution in [0.1, 0.15) is 26.3 Å². The summed E-state index contributed by atoms with van der Waals surface area (Å²) < 4.78 is 54.9. The molecule has 0 aliphatic rings. The molecular formula is C12H13ClF3NO2S. The van der Waals surface area contributed by atoms with E-state index < -0.39 is 27.8 Å². The van der Waals surface area contributed by atoms with Crippen molar-refractivity contribution in [3.05, 3.63) is 28.8 Å². The zero-order valence-electron chi connectivity index (χ0n) is 11.0. The van der Waals surface area contributed by atoms with Gasteiger partial charge < -0.3 is 4.74 Å². The van der Waals surface area contributed by atoms with Gasteiger partial charge in [-0.3, -0.25) is 0 Å². The molecule has 0 fully saturated rings. The standard InChI is InChI=1S/C12H13ClF3NO2S/c1-11(2,3)20(18)17-7-8-4-5-10(9(13)6-8)19-12(14,15)16/h4-7H,1-3H3. The summed E-state index contributed by atoms with van der Waals surface area (Å²) in [7, 11) is -1.45. The summed E-state index contributed by atoms with van der Waals surface area (Å²) in [6.07, 6.45) is -3.50. The van der Waals surface area contributed by atoms with Crippen LogP contribution >= 0.6 is 11.6 Å². The van der Waals surface area contributed by atoms with Gasteiger partial charge in [0.1, 0.15) is 16.7 Å². The van der Waals surface area contributed by atoms with Crippen LogP contribution in [-0.4, -0.2) is 21.5 Å². The lowest BCUT2D eigenvalue weighted by atomic mass is 10.2. The Kier molecular flexibility index (Phi) is 5.21. The molecule has 0 aliphatic heterocycles. The van der Waals surface area contributed by atoms with Gasteiger partial charge in [-0.05, 0) is 44.5 Å². The Labute approximate surface area is 122 Å². The lowest BCUT2D eigenvalue weighted by molar-refractivity contribution is -0.274. The molecule has 0 amide bonds. The average Bonchev–Trinajstić information content (AvgIpc) is 2.26. The maximum absolute atomic E-state index is 12.1. The number of halogens is 4. The summed E-state index contributed by atoms with van der Waals surface area (Å²) >= 11 is 5.68. The fourth-order valence-corrected chi connectivity index (χ4v) is 1.83.